The Morgan fingerprint density at radius 3 is 1.91 bits per heavy atom. The van der Waals surface area contributed by atoms with Crippen molar-refractivity contribution in [1.29, 1.82) is 0 Å². The Labute approximate surface area is 138 Å². The lowest BCUT2D eigenvalue weighted by molar-refractivity contribution is -0.140. The van der Waals surface area contributed by atoms with Gasteiger partial charge >= 0.3 is 12.0 Å². The van der Waals surface area contributed by atoms with Gasteiger partial charge < -0.3 is 20.8 Å². The van der Waals surface area contributed by atoms with Gasteiger partial charge in [0, 0.05) is 13.1 Å². The summed E-state index contributed by atoms with van der Waals surface area (Å²) in [5.74, 6) is -0.800. The molecular formula is C17H30N2O4. The number of aliphatic hydroxyl groups is 1. The maximum Gasteiger partial charge on any atom is 0.314 e. The molecule has 0 atom stereocenters. The second kappa shape index (κ2) is 7.99. The summed E-state index contributed by atoms with van der Waals surface area (Å²) in [6, 6.07) is -0.306. The molecule has 2 rings (SSSR count). The van der Waals surface area contributed by atoms with Crippen LogP contribution in [0.5, 0.6) is 0 Å². The van der Waals surface area contributed by atoms with E-state index in [1.165, 1.54) is 0 Å². The molecule has 0 aliphatic heterocycles. The zero-order valence-corrected chi connectivity index (χ0v) is 13.9. The molecule has 0 bridgehead atoms. The van der Waals surface area contributed by atoms with Gasteiger partial charge in [0.2, 0.25) is 0 Å². The fourth-order valence-electron chi connectivity index (χ4n) is 4.00. The lowest BCUT2D eigenvalue weighted by Gasteiger charge is -2.36. The maximum atomic E-state index is 12.0. The number of rotatable bonds is 6. The van der Waals surface area contributed by atoms with Gasteiger partial charge in [-0.05, 0) is 31.1 Å². The highest BCUT2D eigenvalue weighted by Gasteiger charge is 2.35. The number of nitrogens with one attached hydrogen (secondary N) is 2. The number of carboxylic acids is 1. The molecule has 2 aliphatic rings. The van der Waals surface area contributed by atoms with Crippen molar-refractivity contribution in [1.82, 2.24) is 10.6 Å². The Bertz CT molecular complexity index is 413. The van der Waals surface area contributed by atoms with Crippen molar-refractivity contribution in [2.45, 2.75) is 76.2 Å². The molecule has 23 heavy (non-hydrogen) atoms. The third kappa shape index (κ3) is 5.68. The van der Waals surface area contributed by atoms with Crippen LogP contribution in [0.4, 0.5) is 4.79 Å². The molecule has 0 radical (unpaired) electrons. The molecule has 132 valence electrons. The van der Waals surface area contributed by atoms with Gasteiger partial charge in [-0.3, -0.25) is 4.79 Å². The van der Waals surface area contributed by atoms with Gasteiger partial charge in [-0.25, -0.2) is 4.79 Å². The molecule has 2 aliphatic carbocycles. The molecular weight excluding hydrogens is 296 g/mol. The summed E-state index contributed by atoms with van der Waals surface area (Å²) in [6.07, 6.45) is 9.61. The first-order chi connectivity index (χ1) is 10.9. The first-order valence-corrected chi connectivity index (χ1v) is 8.89. The molecule has 2 fully saturated rings. The summed E-state index contributed by atoms with van der Waals surface area (Å²) in [7, 11) is 0. The van der Waals surface area contributed by atoms with Crippen LogP contribution >= 0.6 is 0 Å². The normalized spacial score (nSPS) is 23.0. The molecule has 0 aromatic heterocycles. The van der Waals surface area contributed by atoms with Crippen molar-refractivity contribution >= 4 is 12.0 Å². The number of urea groups is 1. The van der Waals surface area contributed by atoms with Crippen molar-refractivity contribution < 1.29 is 19.8 Å². The lowest BCUT2D eigenvalue weighted by Crippen LogP contribution is -2.49. The average molecular weight is 326 g/mol. The number of hydrogen-bond donors (Lipinski definition) is 4. The summed E-state index contributed by atoms with van der Waals surface area (Å²) in [5, 5.41) is 25.1. The average Bonchev–Trinajstić information content (AvgIpc) is 2.52. The van der Waals surface area contributed by atoms with Gasteiger partial charge in [-0.2, -0.15) is 0 Å². The topological polar surface area (TPSA) is 98.7 Å². The summed E-state index contributed by atoms with van der Waals surface area (Å²) in [6.45, 7) is 0.661. The number of amides is 2. The predicted octanol–water partition coefficient (Wildman–Crippen LogP) is 2.41. The highest BCUT2D eigenvalue weighted by Crippen LogP contribution is 2.38. The monoisotopic (exact) mass is 326 g/mol. The van der Waals surface area contributed by atoms with Crippen LogP contribution in [0.2, 0.25) is 0 Å². The number of carbonyl (C=O) groups is 2. The molecule has 2 amide bonds. The highest BCUT2D eigenvalue weighted by molar-refractivity contribution is 5.74. The second-order valence-corrected chi connectivity index (χ2v) is 7.45. The minimum absolute atomic E-state index is 0.108. The molecule has 0 unspecified atom stereocenters. The first-order valence-electron chi connectivity index (χ1n) is 8.89. The smallest absolute Gasteiger partial charge is 0.314 e. The fourth-order valence-corrected chi connectivity index (χ4v) is 4.00. The standard InChI is InChI=1S/C17H30N2O4/c20-14(21)11-16(7-3-1-4-8-16)12-18-15(22)19-13-17(23)9-5-2-6-10-17/h23H,1-13H2,(H,20,21)(H2,18,19,22). The van der Waals surface area contributed by atoms with Crippen LogP contribution in [0.15, 0.2) is 0 Å². The molecule has 0 spiro atoms. The van der Waals surface area contributed by atoms with E-state index in [0.717, 1.165) is 64.2 Å². The van der Waals surface area contributed by atoms with Crippen LogP contribution in [0.1, 0.15) is 70.6 Å². The van der Waals surface area contributed by atoms with Crippen LogP contribution in [0.3, 0.4) is 0 Å². The zero-order chi connectivity index (χ0) is 16.8. The van der Waals surface area contributed by atoms with Gasteiger partial charge in [0.15, 0.2) is 0 Å². The molecule has 6 heteroatoms. The van der Waals surface area contributed by atoms with E-state index in [1.54, 1.807) is 0 Å². The third-order valence-corrected chi connectivity index (χ3v) is 5.43. The number of carbonyl (C=O) groups excluding carboxylic acids is 1. The molecule has 4 N–H and O–H groups in total. The summed E-state index contributed by atoms with van der Waals surface area (Å²) < 4.78 is 0. The van der Waals surface area contributed by atoms with E-state index in [1.807, 2.05) is 0 Å². The van der Waals surface area contributed by atoms with Crippen LogP contribution in [0, 0.1) is 5.41 Å². The van der Waals surface area contributed by atoms with E-state index in [9.17, 15) is 14.7 Å². The summed E-state index contributed by atoms with van der Waals surface area (Å²) in [4.78, 5) is 23.1. The van der Waals surface area contributed by atoms with Crippen molar-refractivity contribution in [3.63, 3.8) is 0 Å². The maximum absolute atomic E-state index is 12.0. The fraction of sp³-hybridized carbons (Fsp3) is 0.882. The van der Waals surface area contributed by atoms with E-state index in [-0.39, 0.29) is 24.4 Å². The summed E-state index contributed by atoms with van der Waals surface area (Å²) >= 11 is 0. The van der Waals surface area contributed by atoms with E-state index in [2.05, 4.69) is 10.6 Å². The SMILES string of the molecule is O=C(O)CC1(CNC(=O)NCC2(O)CCCCC2)CCCCC1. The zero-order valence-electron chi connectivity index (χ0n) is 13.9. The van der Waals surface area contributed by atoms with Crippen molar-refractivity contribution in [2.75, 3.05) is 13.1 Å². The molecule has 0 saturated heterocycles. The van der Waals surface area contributed by atoms with E-state index < -0.39 is 11.6 Å². The lowest BCUT2D eigenvalue weighted by atomic mass is 9.72. The van der Waals surface area contributed by atoms with Gasteiger partial charge in [-0.1, -0.05) is 38.5 Å². The molecule has 0 aromatic rings. The minimum Gasteiger partial charge on any atom is -0.481 e. The number of carboxylic acid groups (broad SMARTS) is 1. The predicted molar refractivity (Wildman–Crippen MR) is 87.2 cm³/mol. The van der Waals surface area contributed by atoms with E-state index in [0.29, 0.717) is 6.54 Å². The van der Waals surface area contributed by atoms with E-state index in [4.69, 9.17) is 5.11 Å². The van der Waals surface area contributed by atoms with Gasteiger partial charge in [0.25, 0.3) is 0 Å². The minimum atomic E-state index is -0.800. The third-order valence-electron chi connectivity index (χ3n) is 5.43. The molecule has 2 saturated carbocycles. The quantitative estimate of drug-likeness (QED) is 0.602. The van der Waals surface area contributed by atoms with Crippen LogP contribution in [0.25, 0.3) is 0 Å². The Hall–Kier alpha value is -1.30. The molecule has 6 nitrogen and oxygen atoms in total. The number of aliphatic carboxylic acids is 1. The highest BCUT2D eigenvalue weighted by atomic mass is 16.4. The largest absolute Gasteiger partial charge is 0.481 e. The van der Waals surface area contributed by atoms with Crippen molar-refractivity contribution in [2.24, 2.45) is 5.41 Å². The Balaban J connectivity index is 1.78. The van der Waals surface area contributed by atoms with Gasteiger partial charge in [0.05, 0.1) is 12.0 Å². The Kier molecular flexibility index (Phi) is 6.27. The Morgan fingerprint density at radius 1 is 0.826 bits per heavy atom. The molecule has 0 aromatic carbocycles. The summed E-state index contributed by atoms with van der Waals surface area (Å²) in [5.41, 5.74) is -1.09. The van der Waals surface area contributed by atoms with Crippen LogP contribution in [-0.4, -0.2) is 40.9 Å². The second-order valence-electron chi connectivity index (χ2n) is 7.45. The van der Waals surface area contributed by atoms with Gasteiger partial charge in [0.1, 0.15) is 0 Å². The van der Waals surface area contributed by atoms with Gasteiger partial charge in [-0.15, -0.1) is 0 Å². The number of hydrogen-bond acceptors (Lipinski definition) is 3. The Morgan fingerprint density at radius 2 is 1.35 bits per heavy atom. The van der Waals surface area contributed by atoms with E-state index >= 15 is 0 Å². The van der Waals surface area contributed by atoms with Crippen LogP contribution in [-0.2, 0) is 4.79 Å². The molecule has 0 heterocycles. The first kappa shape index (κ1) is 18.0. The van der Waals surface area contributed by atoms with Crippen LogP contribution < -0.4 is 10.6 Å². The van der Waals surface area contributed by atoms with Crippen molar-refractivity contribution in [3.8, 4) is 0 Å². The van der Waals surface area contributed by atoms with Crippen molar-refractivity contribution in [3.05, 3.63) is 0 Å².